The van der Waals surface area contributed by atoms with Gasteiger partial charge in [0.25, 0.3) is 0 Å². The van der Waals surface area contributed by atoms with Gasteiger partial charge in [-0.15, -0.1) is 11.3 Å². The third-order valence-electron chi connectivity index (χ3n) is 8.08. The Morgan fingerprint density at radius 1 is 1.06 bits per heavy atom. The second-order valence-corrected chi connectivity index (χ2v) is 11.1. The van der Waals surface area contributed by atoms with Crippen molar-refractivity contribution >= 4 is 22.5 Å². The number of methoxy groups -OCH3 is 1. The molecule has 1 saturated heterocycles. The molecule has 1 aromatic carbocycles. The quantitative estimate of drug-likeness (QED) is 0.583. The van der Waals surface area contributed by atoms with Crippen LogP contribution in [0.2, 0.25) is 0 Å². The van der Waals surface area contributed by atoms with Crippen molar-refractivity contribution in [3.8, 4) is 17.0 Å². The molecular weight excluding hydrogens is 460 g/mol. The van der Waals surface area contributed by atoms with Gasteiger partial charge in [0.15, 0.2) is 5.13 Å². The highest BCUT2D eigenvalue weighted by Crippen LogP contribution is 2.38. The molecule has 0 radical (unpaired) electrons. The molecule has 8 heteroatoms. The molecular formula is C27H38N4O3S. The molecule has 2 heterocycles. The van der Waals surface area contributed by atoms with Gasteiger partial charge in [-0.1, -0.05) is 25.3 Å². The van der Waals surface area contributed by atoms with E-state index in [4.69, 9.17) is 9.72 Å². The number of ether oxygens (including phenoxy) is 1. The van der Waals surface area contributed by atoms with E-state index in [2.05, 4.69) is 28.4 Å². The fourth-order valence-electron chi connectivity index (χ4n) is 5.95. The Bertz CT molecular complexity index is 990. The molecule has 0 spiro atoms. The van der Waals surface area contributed by atoms with Crippen LogP contribution in [0.1, 0.15) is 69.3 Å². The summed E-state index contributed by atoms with van der Waals surface area (Å²) in [5.74, 6) is 1.43. The molecule has 1 aliphatic heterocycles. The number of piperazine rings is 1. The normalized spacial score (nSPS) is 24.3. The number of rotatable bonds is 5. The van der Waals surface area contributed by atoms with Gasteiger partial charge in [0.05, 0.1) is 18.9 Å². The molecule has 7 nitrogen and oxygen atoms in total. The van der Waals surface area contributed by atoms with E-state index < -0.39 is 0 Å². The monoisotopic (exact) mass is 498 g/mol. The Hall–Kier alpha value is -2.16. The lowest BCUT2D eigenvalue weighted by atomic mass is 9.83. The lowest BCUT2D eigenvalue weighted by molar-refractivity contribution is 0.0526. The largest absolute Gasteiger partial charge is 0.496 e. The predicted molar refractivity (Wildman–Crippen MR) is 140 cm³/mol. The fourth-order valence-corrected chi connectivity index (χ4v) is 6.65. The number of nitrogens with one attached hydrogen (secondary N) is 1. The van der Waals surface area contributed by atoms with Crippen molar-refractivity contribution in [1.29, 1.82) is 0 Å². The van der Waals surface area contributed by atoms with Crippen molar-refractivity contribution in [1.82, 2.24) is 14.8 Å². The van der Waals surface area contributed by atoms with E-state index in [1.165, 1.54) is 49.0 Å². The van der Waals surface area contributed by atoms with Gasteiger partial charge < -0.3 is 14.7 Å². The van der Waals surface area contributed by atoms with E-state index in [0.29, 0.717) is 17.1 Å². The van der Waals surface area contributed by atoms with E-state index in [0.717, 1.165) is 68.9 Å². The molecule has 190 valence electrons. The minimum atomic E-state index is -0.129. The summed E-state index contributed by atoms with van der Waals surface area (Å²) < 4.78 is 5.64. The maximum atomic E-state index is 12.9. The third-order valence-corrected chi connectivity index (χ3v) is 8.84. The Morgan fingerprint density at radius 3 is 2.51 bits per heavy atom. The first-order valence-electron chi connectivity index (χ1n) is 13.2. The van der Waals surface area contributed by atoms with Crippen molar-refractivity contribution in [2.75, 3.05) is 38.6 Å². The van der Waals surface area contributed by atoms with Crippen LogP contribution >= 0.6 is 11.3 Å². The van der Waals surface area contributed by atoms with Crippen molar-refractivity contribution in [2.45, 2.75) is 75.9 Å². The predicted octanol–water partition coefficient (Wildman–Crippen LogP) is 5.32. The van der Waals surface area contributed by atoms with Gasteiger partial charge in [-0.25, -0.2) is 9.78 Å². The van der Waals surface area contributed by atoms with Gasteiger partial charge in [0.2, 0.25) is 0 Å². The molecule has 3 aliphatic rings. The maximum Gasteiger partial charge on any atom is 0.323 e. The number of aliphatic hydroxyl groups excluding tert-OH is 1. The standard InChI is InChI=1S/C27H38N4O3S/c1-34-25-12-7-20(19-5-3-2-4-6-19)17-23(25)24-18-35-26(28-24)29-27(33)31-15-13-30(14-16-31)21-8-10-22(32)11-9-21/h7,12,17-19,21-22,32H,2-6,8-11,13-16H2,1H3,(H,28,29,33). The molecule has 2 saturated carbocycles. The van der Waals surface area contributed by atoms with Crippen LogP contribution in [-0.2, 0) is 0 Å². The Balaban J connectivity index is 1.20. The summed E-state index contributed by atoms with van der Waals surface area (Å²) in [7, 11) is 1.70. The fraction of sp³-hybridized carbons (Fsp3) is 0.630. The number of carbonyl (C=O) groups is 1. The van der Waals surface area contributed by atoms with Crippen LogP contribution < -0.4 is 10.1 Å². The average molecular weight is 499 g/mol. The van der Waals surface area contributed by atoms with Gasteiger partial charge in [-0.3, -0.25) is 10.2 Å². The first-order chi connectivity index (χ1) is 17.1. The van der Waals surface area contributed by atoms with Gasteiger partial charge in [0.1, 0.15) is 5.75 Å². The molecule has 1 aromatic heterocycles. The second-order valence-electron chi connectivity index (χ2n) is 10.2. The molecule has 2 aromatic rings. The summed E-state index contributed by atoms with van der Waals surface area (Å²) in [6.07, 6.45) is 10.2. The number of hydrogen-bond donors (Lipinski definition) is 2. The first-order valence-corrected chi connectivity index (χ1v) is 14.1. The Labute approximate surface area is 212 Å². The highest BCUT2D eigenvalue weighted by molar-refractivity contribution is 7.14. The van der Waals surface area contributed by atoms with Crippen LogP contribution in [0.5, 0.6) is 5.75 Å². The van der Waals surface area contributed by atoms with Crippen molar-refractivity contribution in [3.63, 3.8) is 0 Å². The minimum absolute atomic E-state index is 0.0764. The average Bonchev–Trinajstić information content (AvgIpc) is 3.37. The molecule has 0 unspecified atom stereocenters. The van der Waals surface area contributed by atoms with Crippen LogP contribution in [0.4, 0.5) is 9.93 Å². The summed E-state index contributed by atoms with van der Waals surface area (Å²) >= 11 is 1.46. The number of anilines is 1. The SMILES string of the molecule is COc1ccc(C2CCCCC2)cc1-c1csc(NC(=O)N2CCN(C3CCC(O)CC3)CC2)n1. The van der Waals surface area contributed by atoms with E-state index in [9.17, 15) is 9.90 Å². The van der Waals surface area contributed by atoms with Crippen LogP contribution in [0.25, 0.3) is 11.3 Å². The van der Waals surface area contributed by atoms with Crippen LogP contribution in [0, 0.1) is 0 Å². The van der Waals surface area contributed by atoms with E-state index in [1.807, 2.05) is 10.3 Å². The molecule has 0 bridgehead atoms. The molecule has 2 aliphatic carbocycles. The molecule has 35 heavy (non-hydrogen) atoms. The topological polar surface area (TPSA) is 77.9 Å². The third kappa shape index (κ3) is 5.81. The summed E-state index contributed by atoms with van der Waals surface area (Å²) in [4.78, 5) is 22.1. The zero-order chi connectivity index (χ0) is 24.2. The Morgan fingerprint density at radius 2 is 1.80 bits per heavy atom. The van der Waals surface area contributed by atoms with Crippen LogP contribution in [0.15, 0.2) is 23.6 Å². The highest BCUT2D eigenvalue weighted by Gasteiger charge is 2.29. The first kappa shape index (κ1) is 24.5. The van der Waals surface area contributed by atoms with Gasteiger partial charge >= 0.3 is 6.03 Å². The molecule has 2 N–H and O–H groups in total. The summed E-state index contributed by atoms with van der Waals surface area (Å²) in [6.45, 7) is 3.23. The van der Waals surface area contributed by atoms with Crippen molar-refractivity contribution in [2.24, 2.45) is 0 Å². The summed E-state index contributed by atoms with van der Waals surface area (Å²) in [5.41, 5.74) is 3.21. The van der Waals surface area contributed by atoms with Crippen LogP contribution in [-0.4, -0.2) is 71.4 Å². The number of amides is 2. The van der Waals surface area contributed by atoms with E-state index in [-0.39, 0.29) is 12.1 Å². The zero-order valence-corrected chi connectivity index (χ0v) is 21.6. The van der Waals surface area contributed by atoms with Crippen molar-refractivity contribution in [3.05, 3.63) is 29.1 Å². The Kier molecular flexibility index (Phi) is 7.90. The molecule has 5 rings (SSSR count). The van der Waals surface area contributed by atoms with Gasteiger partial charge in [0, 0.05) is 43.2 Å². The summed E-state index contributed by atoms with van der Waals surface area (Å²) in [6, 6.07) is 6.96. The van der Waals surface area contributed by atoms with Gasteiger partial charge in [-0.2, -0.15) is 0 Å². The number of nitrogens with zero attached hydrogens (tertiary/aromatic N) is 3. The number of urea groups is 1. The molecule has 2 amide bonds. The van der Waals surface area contributed by atoms with E-state index >= 15 is 0 Å². The summed E-state index contributed by atoms with van der Waals surface area (Å²) in [5, 5.41) is 15.4. The number of aromatic nitrogens is 1. The van der Waals surface area contributed by atoms with Crippen molar-refractivity contribution < 1.29 is 14.6 Å². The number of aliphatic hydroxyl groups is 1. The smallest absolute Gasteiger partial charge is 0.323 e. The molecule has 3 fully saturated rings. The number of benzene rings is 1. The zero-order valence-electron chi connectivity index (χ0n) is 20.7. The number of thiazole rings is 1. The second kappa shape index (κ2) is 11.3. The number of hydrogen-bond acceptors (Lipinski definition) is 6. The van der Waals surface area contributed by atoms with Gasteiger partial charge in [-0.05, 0) is 62.1 Å². The molecule has 0 atom stereocenters. The maximum absolute atomic E-state index is 12.9. The van der Waals surface area contributed by atoms with Crippen LogP contribution in [0.3, 0.4) is 0 Å². The lowest BCUT2D eigenvalue weighted by Crippen LogP contribution is -2.53. The minimum Gasteiger partial charge on any atom is -0.496 e. The van der Waals surface area contributed by atoms with E-state index in [1.54, 1.807) is 7.11 Å². The highest BCUT2D eigenvalue weighted by atomic mass is 32.1. The lowest BCUT2D eigenvalue weighted by Gasteiger charge is -2.41. The number of carbonyl (C=O) groups excluding carboxylic acids is 1.